The molecule has 0 aliphatic carbocycles. The van der Waals surface area contributed by atoms with Crippen LogP contribution in [0.4, 0.5) is 0 Å². The highest BCUT2D eigenvalue weighted by Gasteiger charge is 1.90. The van der Waals surface area contributed by atoms with Gasteiger partial charge in [-0.25, -0.2) is 5.84 Å². The fourth-order valence-corrected chi connectivity index (χ4v) is 0.0592. The number of hydrazine groups is 1. The van der Waals surface area contributed by atoms with E-state index in [1.54, 1.807) is 0 Å². The molecular formula is CH7N5O. The molecule has 0 bridgehead atoms. The van der Waals surface area contributed by atoms with E-state index in [0.717, 1.165) is 0 Å². The van der Waals surface area contributed by atoms with Gasteiger partial charge in [0.05, 0.1) is 0 Å². The molecule has 0 aliphatic heterocycles. The topological polar surface area (TPSA) is 114 Å². The number of nitrogens with two attached hydrogens (primary N) is 3. The third kappa shape index (κ3) is 1.79. The third-order valence-electron chi connectivity index (χ3n) is 0.367. The highest BCUT2D eigenvalue weighted by molar-refractivity contribution is 5.75. The zero-order valence-corrected chi connectivity index (χ0v) is 3.57. The molecule has 0 aromatic rings. The molecule has 6 heteroatoms. The average Bonchev–Trinajstić information content (AvgIpc) is 1.65. The fourth-order valence-electron chi connectivity index (χ4n) is 0.0592. The minimum atomic E-state index is -0.333. The number of nitrogens with zero attached hydrogens (tertiary/aromatic N) is 2. The van der Waals surface area contributed by atoms with Gasteiger partial charge in [-0.3, -0.25) is 5.21 Å². The zero-order valence-electron chi connectivity index (χ0n) is 3.57. The van der Waals surface area contributed by atoms with E-state index in [0.29, 0.717) is 0 Å². The maximum absolute atomic E-state index is 8.10. The van der Waals surface area contributed by atoms with Gasteiger partial charge in [0, 0.05) is 0 Å². The van der Waals surface area contributed by atoms with Crippen LogP contribution in [0.25, 0.3) is 0 Å². The van der Waals surface area contributed by atoms with E-state index in [1.165, 1.54) is 0 Å². The van der Waals surface area contributed by atoms with Crippen molar-refractivity contribution < 1.29 is 5.21 Å². The van der Waals surface area contributed by atoms with Gasteiger partial charge in [-0.2, -0.15) is 5.17 Å². The van der Waals surface area contributed by atoms with Gasteiger partial charge < -0.3 is 11.6 Å². The Morgan fingerprint density at radius 3 is 2.14 bits per heavy atom. The zero-order chi connectivity index (χ0) is 5.86. The average molecular weight is 105 g/mol. The van der Waals surface area contributed by atoms with E-state index in [4.69, 9.17) is 10.9 Å². The van der Waals surface area contributed by atoms with Gasteiger partial charge in [-0.15, -0.1) is 5.10 Å². The van der Waals surface area contributed by atoms with Crippen molar-refractivity contribution in [3.63, 3.8) is 0 Å². The van der Waals surface area contributed by atoms with E-state index >= 15 is 0 Å². The molecule has 0 unspecified atom stereocenters. The van der Waals surface area contributed by atoms with Crippen LogP contribution in [0.3, 0.4) is 0 Å². The summed E-state index contributed by atoms with van der Waals surface area (Å²) in [5.41, 5.74) is 4.79. The van der Waals surface area contributed by atoms with Crippen LogP contribution in [0, 0.1) is 0 Å². The summed E-state index contributed by atoms with van der Waals surface area (Å²) >= 11 is 0. The molecule has 7 N–H and O–H groups in total. The highest BCUT2D eigenvalue weighted by atomic mass is 16.5. The molecule has 0 radical (unpaired) electrons. The summed E-state index contributed by atoms with van der Waals surface area (Å²) in [6.45, 7) is 0. The van der Waals surface area contributed by atoms with Crippen LogP contribution in [0.5, 0.6) is 0 Å². The molecule has 0 saturated heterocycles. The number of hydrogen-bond acceptors (Lipinski definition) is 4. The van der Waals surface area contributed by atoms with E-state index in [9.17, 15) is 0 Å². The maximum atomic E-state index is 8.10. The van der Waals surface area contributed by atoms with Crippen molar-refractivity contribution in [2.45, 2.75) is 0 Å². The Labute approximate surface area is 40.1 Å². The second-order valence-electron chi connectivity index (χ2n) is 0.832. The van der Waals surface area contributed by atoms with Crippen molar-refractivity contribution in [3.05, 3.63) is 0 Å². The number of guanidine groups is 1. The van der Waals surface area contributed by atoms with Gasteiger partial charge in [0.2, 0.25) is 0 Å². The van der Waals surface area contributed by atoms with E-state index in [2.05, 4.69) is 16.8 Å². The second kappa shape index (κ2) is 2.21. The maximum Gasteiger partial charge on any atom is 0.252 e. The molecule has 0 aromatic heterocycles. The molecular weight excluding hydrogens is 98.0 g/mol. The van der Waals surface area contributed by atoms with Crippen molar-refractivity contribution in [3.8, 4) is 0 Å². The van der Waals surface area contributed by atoms with Gasteiger partial charge in [0.1, 0.15) is 0 Å². The van der Waals surface area contributed by atoms with Crippen LogP contribution >= 0.6 is 0 Å². The molecule has 0 aliphatic rings. The van der Waals surface area contributed by atoms with Crippen molar-refractivity contribution in [2.24, 2.45) is 22.5 Å². The lowest BCUT2D eigenvalue weighted by Crippen LogP contribution is -2.40. The standard InChI is InChI=1S/CH7N5O/c2-1(5-3)6(4)7/h7H,3-4H2,(H2,2,5). The summed E-state index contributed by atoms with van der Waals surface area (Å²) in [5.74, 6) is 8.82. The molecule has 0 amide bonds. The number of hydroxylamine groups is 1. The normalized spacial score (nSPS) is 11.4. The van der Waals surface area contributed by atoms with Crippen LogP contribution in [0.15, 0.2) is 5.10 Å². The quantitative estimate of drug-likeness (QED) is 0.120. The van der Waals surface area contributed by atoms with Crippen LogP contribution in [-0.2, 0) is 0 Å². The van der Waals surface area contributed by atoms with Gasteiger partial charge >= 0.3 is 0 Å². The molecule has 0 rings (SSSR count). The molecule has 0 atom stereocenters. The first-order valence-electron chi connectivity index (χ1n) is 1.45. The molecule has 0 spiro atoms. The Hall–Kier alpha value is -1.01. The van der Waals surface area contributed by atoms with E-state index in [-0.39, 0.29) is 11.1 Å². The summed E-state index contributed by atoms with van der Waals surface area (Å²) in [6.07, 6.45) is 0. The minimum Gasteiger partial charge on any atom is -0.365 e. The van der Waals surface area contributed by atoms with Gasteiger partial charge in [0.25, 0.3) is 5.96 Å². The molecule has 0 aromatic carbocycles. The van der Waals surface area contributed by atoms with Crippen molar-refractivity contribution in [1.29, 1.82) is 0 Å². The molecule has 0 heterocycles. The first-order chi connectivity index (χ1) is 3.18. The lowest BCUT2D eigenvalue weighted by molar-refractivity contribution is -0.0174. The largest absolute Gasteiger partial charge is 0.365 e. The Morgan fingerprint density at radius 1 is 1.71 bits per heavy atom. The number of hydrogen-bond donors (Lipinski definition) is 4. The van der Waals surface area contributed by atoms with Crippen molar-refractivity contribution in [1.82, 2.24) is 5.17 Å². The predicted molar refractivity (Wildman–Crippen MR) is 23.6 cm³/mol. The van der Waals surface area contributed by atoms with Crippen LogP contribution in [0.2, 0.25) is 0 Å². The lowest BCUT2D eigenvalue weighted by Gasteiger charge is -2.03. The minimum absolute atomic E-state index is 0.125. The molecule has 0 fully saturated rings. The Morgan fingerprint density at radius 2 is 2.14 bits per heavy atom. The number of hydrazone groups is 1. The smallest absolute Gasteiger partial charge is 0.252 e. The summed E-state index contributed by atoms with van der Waals surface area (Å²) in [6, 6.07) is 0. The molecule has 42 valence electrons. The first-order valence-corrected chi connectivity index (χ1v) is 1.45. The summed E-state index contributed by atoms with van der Waals surface area (Å²) in [7, 11) is 0. The summed E-state index contributed by atoms with van der Waals surface area (Å²) < 4.78 is 0. The SMILES string of the molecule is NN=C(N)N(N)O. The highest BCUT2D eigenvalue weighted by Crippen LogP contribution is 1.60. The molecule has 6 nitrogen and oxygen atoms in total. The van der Waals surface area contributed by atoms with E-state index < -0.39 is 0 Å². The van der Waals surface area contributed by atoms with Gasteiger partial charge in [-0.1, -0.05) is 0 Å². The van der Waals surface area contributed by atoms with Gasteiger partial charge in [0.15, 0.2) is 0 Å². The molecule has 0 saturated carbocycles. The Kier molecular flexibility index (Phi) is 1.89. The second-order valence-corrected chi connectivity index (χ2v) is 0.832. The number of rotatable bonds is 0. The third-order valence-corrected chi connectivity index (χ3v) is 0.367. The van der Waals surface area contributed by atoms with Crippen molar-refractivity contribution >= 4 is 5.96 Å². The van der Waals surface area contributed by atoms with Crippen LogP contribution in [-0.4, -0.2) is 16.3 Å². The van der Waals surface area contributed by atoms with E-state index in [1.807, 2.05) is 0 Å². The van der Waals surface area contributed by atoms with Gasteiger partial charge in [-0.05, 0) is 0 Å². The Balaban J connectivity index is 3.56. The lowest BCUT2D eigenvalue weighted by atomic mass is 11.1. The van der Waals surface area contributed by atoms with Crippen LogP contribution < -0.4 is 17.4 Å². The predicted octanol–water partition coefficient (Wildman–Crippen LogP) is -2.26. The fraction of sp³-hybridized carbons (Fsp3) is 0. The monoisotopic (exact) mass is 105 g/mol. The first kappa shape index (κ1) is 5.99. The van der Waals surface area contributed by atoms with Crippen LogP contribution in [0.1, 0.15) is 0 Å². The summed E-state index contributed by atoms with van der Waals surface area (Å²) in [5, 5.41) is 11.1. The Bertz CT molecular complexity index is 76.1. The summed E-state index contributed by atoms with van der Waals surface area (Å²) in [4.78, 5) is 0. The molecule has 7 heavy (non-hydrogen) atoms. The van der Waals surface area contributed by atoms with Crippen molar-refractivity contribution in [2.75, 3.05) is 0 Å².